The third-order valence-corrected chi connectivity index (χ3v) is 3.12. The maximum Gasteiger partial charge on any atom is 0.276 e. The fourth-order valence-corrected chi connectivity index (χ4v) is 1.75. The van der Waals surface area contributed by atoms with Crippen LogP contribution in [0.25, 0.3) is 0 Å². The van der Waals surface area contributed by atoms with E-state index in [1.54, 1.807) is 18.1 Å². The van der Waals surface area contributed by atoms with Crippen LogP contribution in [-0.2, 0) is 11.3 Å². The molecule has 0 radical (unpaired) electrons. The molecule has 0 N–H and O–H groups in total. The number of rotatable bonds is 6. The van der Waals surface area contributed by atoms with E-state index in [9.17, 15) is 4.79 Å². The molecule has 0 saturated heterocycles. The third-order valence-electron chi connectivity index (χ3n) is 3.12. The van der Waals surface area contributed by atoms with Crippen LogP contribution in [0.1, 0.15) is 43.9 Å². The first-order valence-electron chi connectivity index (χ1n) is 6.26. The standard InChI is InChI=1S/C13H22N2O3/c1-6-15(10(4)9(2)3)13(16)12-7-11(8-17-5)18-14-12/h7,9-10H,6,8H2,1-5H3/t10-/m0/s1. The van der Waals surface area contributed by atoms with Gasteiger partial charge in [-0.05, 0) is 19.8 Å². The van der Waals surface area contributed by atoms with E-state index in [4.69, 9.17) is 9.26 Å². The largest absolute Gasteiger partial charge is 0.377 e. The summed E-state index contributed by atoms with van der Waals surface area (Å²) in [5.41, 5.74) is 0.344. The molecule has 0 bridgehead atoms. The molecule has 0 unspecified atom stereocenters. The maximum absolute atomic E-state index is 12.3. The summed E-state index contributed by atoms with van der Waals surface area (Å²) >= 11 is 0. The van der Waals surface area contributed by atoms with Gasteiger partial charge in [-0.15, -0.1) is 0 Å². The Hall–Kier alpha value is -1.36. The first-order chi connectivity index (χ1) is 8.51. The first-order valence-corrected chi connectivity index (χ1v) is 6.26. The minimum atomic E-state index is -0.0928. The van der Waals surface area contributed by atoms with Crippen molar-refractivity contribution >= 4 is 5.91 Å². The van der Waals surface area contributed by atoms with Crippen molar-refractivity contribution in [3.8, 4) is 0 Å². The second kappa shape index (κ2) is 6.54. The number of carbonyl (C=O) groups is 1. The molecule has 0 aliphatic heterocycles. The molecule has 0 saturated carbocycles. The molecule has 0 fully saturated rings. The van der Waals surface area contributed by atoms with E-state index in [0.717, 1.165) is 0 Å². The number of nitrogens with zero attached hydrogens (tertiary/aromatic N) is 2. The molecule has 1 amide bonds. The summed E-state index contributed by atoms with van der Waals surface area (Å²) in [6.45, 7) is 9.19. The van der Waals surface area contributed by atoms with Crippen molar-refractivity contribution < 1.29 is 14.1 Å². The summed E-state index contributed by atoms with van der Waals surface area (Å²) in [6.07, 6.45) is 0. The molecular weight excluding hydrogens is 232 g/mol. The average molecular weight is 254 g/mol. The zero-order chi connectivity index (χ0) is 13.7. The van der Waals surface area contributed by atoms with Gasteiger partial charge >= 0.3 is 0 Å². The Bertz CT molecular complexity index is 387. The number of amides is 1. The fraction of sp³-hybridized carbons (Fsp3) is 0.692. The highest BCUT2D eigenvalue weighted by Gasteiger charge is 2.24. The predicted octanol–water partition coefficient (Wildman–Crippen LogP) is 2.33. The van der Waals surface area contributed by atoms with Gasteiger partial charge in [0.2, 0.25) is 0 Å². The lowest BCUT2D eigenvalue weighted by Crippen LogP contribution is -2.41. The normalized spacial score (nSPS) is 12.8. The zero-order valence-corrected chi connectivity index (χ0v) is 11.8. The van der Waals surface area contributed by atoms with Crippen LogP contribution in [0, 0.1) is 5.92 Å². The molecule has 0 spiro atoms. The molecule has 1 heterocycles. The summed E-state index contributed by atoms with van der Waals surface area (Å²) in [5, 5.41) is 3.80. The highest BCUT2D eigenvalue weighted by Crippen LogP contribution is 2.14. The Morgan fingerprint density at radius 3 is 2.67 bits per heavy atom. The molecule has 102 valence electrons. The van der Waals surface area contributed by atoms with Crippen molar-refractivity contribution in [1.29, 1.82) is 0 Å². The van der Waals surface area contributed by atoms with Crippen molar-refractivity contribution in [2.75, 3.05) is 13.7 Å². The monoisotopic (exact) mass is 254 g/mol. The van der Waals surface area contributed by atoms with Crippen molar-refractivity contribution in [3.05, 3.63) is 17.5 Å². The second-order valence-corrected chi connectivity index (χ2v) is 4.69. The van der Waals surface area contributed by atoms with Crippen LogP contribution in [-0.4, -0.2) is 35.7 Å². The van der Waals surface area contributed by atoms with Crippen LogP contribution in [0.5, 0.6) is 0 Å². The Balaban J connectivity index is 2.82. The van der Waals surface area contributed by atoms with Gasteiger partial charge in [-0.25, -0.2) is 0 Å². The minimum Gasteiger partial charge on any atom is -0.377 e. The first kappa shape index (κ1) is 14.7. The summed E-state index contributed by atoms with van der Waals surface area (Å²) in [4.78, 5) is 14.1. The highest BCUT2D eigenvalue weighted by atomic mass is 16.5. The van der Waals surface area contributed by atoms with Gasteiger partial charge in [0.05, 0.1) is 0 Å². The van der Waals surface area contributed by atoms with Gasteiger partial charge in [0, 0.05) is 25.8 Å². The molecule has 1 rings (SSSR count). The van der Waals surface area contributed by atoms with Crippen LogP contribution < -0.4 is 0 Å². The van der Waals surface area contributed by atoms with Crippen molar-refractivity contribution in [1.82, 2.24) is 10.1 Å². The van der Waals surface area contributed by atoms with Gasteiger partial charge in [0.15, 0.2) is 11.5 Å². The second-order valence-electron chi connectivity index (χ2n) is 4.69. The summed E-state index contributed by atoms with van der Waals surface area (Å²) in [6, 6.07) is 1.81. The lowest BCUT2D eigenvalue weighted by Gasteiger charge is -2.30. The number of carbonyl (C=O) groups excluding carboxylic acids is 1. The molecule has 1 aromatic heterocycles. The number of methoxy groups -OCH3 is 1. The Morgan fingerprint density at radius 2 is 2.17 bits per heavy atom. The van der Waals surface area contributed by atoms with E-state index in [0.29, 0.717) is 30.5 Å². The number of aromatic nitrogens is 1. The van der Waals surface area contributed by atoms with Gasteiger partial charge in [0.1, 0.15) is 6.61 Å². The van der Waals surface area contributed by atoms with Crippen LogP contribution >= 0.6 is 0 Å². The van der Waals surface area contributed by atoms with Gasteiger partial charge in [-0.2, -0.15) is 0 Å². The van der Waals surface area contributed by atoms with Crippen LogP contribution in [0.4, 0.5) is 0 Å². The van der Waals surface area contributed by atoms with Gasteiger partial charge in [-0.3, -0.25) is 4.79 Å². The molecule has 5 nitrogen and oxygen atoms in total. The molecular formula is C13H22N2O3. The Morgan fingerprint density at radius 1 is 1.50 bits per heavy atom. The van der Waals surface area contributed by atoms with E-state index in [-0.39, 0.29) is 11.9 Å². The van der Waals surface area contributed by atoms with Crippen molar-refractivity contribution in [2.45, 2.75) is 40.3 Å². The predicted molar refractivity (Wildman–Crippen MR) is 68.2 cm³/mol. The number of hydrogen-bond donors (Lipinski definition) is 0. The quantitative estimate of drug-likeness (QED) is 0.781. The average Bonchev–Trinajstić information content (AvgIpc) is 2.78. The number of hydrogen-bond acceptors (Lipinski definition) is 4. The van der Waals surface area contributed by atoms with Gasteiger partial charge < -0.3 is 14.2 Å². The zero-order valence-electron chi connectivity index (χ0n) is 11.8. The van der Waals surface area contributed by atoms with Crippen molar-refractivity contribution in [3.63, 3.8) is 0 Å². The number of ether oxygens (including phenoxy) is 1. The molecule has 0 aromatic carbocycles. The Labute approximate surface area is 108 Å². The summed E-state index contributed by atoms with van der Waals surface area (Å²) < 4.78 is 9.97. The lowest BCUT2D eigenvalue weighted by atomic mass is 10.0. The van der Waals surface area contributed by atoms with E-state index in [1.165, 1.54) is 0 Å². The highest BCUT2D eigenvalue weighted by molar-refractivity contribution is 5.92. The van der Waals surface area contributed by atoms with Gasteiger partial charge in [0.25, 0.3) is 5.91 Å². The SMILES string of the molecule is CCN(C(=O)c1cc(COC)on1)[C@@H](C)C(C)C. The summed E-state index contributed by atoms with van der Waals surface area (Å²) in [5.74, 6) is 0.873. The van der Waals surface area contributed by atoms with Crippen LogP contribution in [0.2, 0.25) is 0 Å². The van der Waals surface area contributed by atoms with E-state index in [1.807, 2.05) is 13.8 Å². The smallest absolute Gasteiger partial charge is 0.276 e. The molecule has 0 aliphatic carbocycles. The molecule has 1 atom stereocenters. The minimum absolute atomic E-state index is 0.0928. The van der Waals surface area contributed by atoms with E-state index >= 15 is 0 Å². The van der Waals surface area contributed by atoms with Crippen LogP contribution in [0.3, 0.4) is 0 Å². The Kier molecular flexibility index (Phi) is 5.34. The fourth-order valence-electron chi connectivity index (χ4n) is 1.75. The van der Waals surface area contributed by atoms with E-state index < -0.39 is 0 Å². The van der Waals surface area contributed by atoms with Crippen molar-refractivity contribution in [2.24, 2.45) is 5.92 Å². The molecule has 1 aromatic rings. The topological polar surface area (TPSA) is 55.6 Å². The van der Waals surface area contributed by atoms with Crippen LogP contribution in [0.15, 0.2) is 10.6 Å². The maximum atomic E-state index is 12.3. The molecule has 18 heavy (non-hydrogen) atoms. The van der Waals surface area contributed by atoms with Gasteiger partial charge in [-0.1, -0.05) is 19.0 Å². The third kappa shape index (κ3) is 3.32. The molecule has 0 aliphatic rings. The molecule has 5 heteroatoms. The lowest BCUT2D eigenvalue weighted by molar-refractivity contribution is 0.0649. The summed E-state index contributed by atoms with van der Waals surface area (Å²) in [7, 11) is 1.57. The van der Waals surface area contributed by atoms with E-state index in [2.05, 4.69) is 19.0 Å².